The predicted molar refractivity (Wildman–Crippen MR) is 57.7 cm³/mol. The first-order valence-corrected chi connectivity index (χ1v) is 5.91. The van der Waals surface area contributed by atoms with Crippen LogP contribution < -0.4 is 4.74 Å². The largest absolute Gasteiger partial charge is 0.415 e. The number of amides is 1. The van der Waals surface area contributed by atoms with E-state index < -0.39 is 40.9 Å². The monoisotopic (exact) mass is 295 g/mol. The number of rotatable bonds is 1. The van der Waals surface area contributed by atoms with Crippen molar-refractivity contribution in [2.75, 3.05) is 13.1 Å². The standard InChI is InChI=1S/C12H10F5NO2/c13-6-7(14)9(16)11(10(17)8(6)15)20-12(19)18-4-2-1-3-5-18/h1-5H2. The molecule has 0 N–H and O–H groups in total. The smallest absolute Gasteiger partial charge is 0.404 e. The van der Waals surface area contributed by atoms with Crippen molar-refractivity contribution in [2.45, 2.75) is 19.3 Å². The van der Waals surface area contributed by atoms with Crippen molar-refractivity contribution in [2.24, 2.45) is 0 Å². The Hall–Kier alpha value is -1.86. The molecule has 8 heteroatoms. The minimum absolute atomic E-state index is 0.314. The molecule has 0 spiro atoms. The quantitative estimate of drug-likeness (QED) is 0.451. The molecule has 0 radical (unpaired) electrons. The number of nitrogens with zero attached hydrogens (tertiary/aromatic N) is 1. The fraction of sp³-hybridized carbons (Fsp3) is 0.417. The van der Waals surface area contributed by atoms with Crippen molar-refractivity contribution < 1.29 is 31.5 Å². The zero-order chi connectivity index (χ0) is 14.9. The Balaban J connectivity index is 2.27. The van der Waals surface area contributed by atoms with Crippen LogP contribution in [0.1, 0.15) is 19.3 Å². The van der Waals surface area contributed by atoms with Gasteiger partial charge < -0.3 is 9.64 Å². The molecular formula is C12H10F5NO2. The number of carbonyl (C=O) groups excluding carboxylic acids is 1. The van der Waals surface area contributed by atoms with Crippen LogP contribution in [0.2, 0.25) is 0 Å². The summed E-state index contributed by atoms with van der Waals surface area (Å²) in [5.41, 5.74) is 0. The molecule has 1 saturated heterocycles. The van der Waals surface area contributed by atoms with Gasteiger partial charge in [0.05, 0.1) is 0 Å². The van der Waals surface area contributed by atoms with Gasteiger partial charge in [0.1, 0.15) is 0 Å². The maximum absolute atomic E-state index is 13.3. The molecule has 1 aliphatic heterocycles. The molecule has 1 heterocycles. The SMILES string of the molecule is O=C(Oc1c(F)c(F)c(F)c(F)c1F)N1CCCCC1. The number of carbonyl (C=O) groups is 1. The summed E-state index contributed by atoms with van der Waals surface area (Å²) in [5.74, 6) is -12.5. The Morgan fingerprint density at radius 2 is 1.25 bits per heavy atom. The van der Waals surface area contributed by atoms with Crippen LogP contribution in [0, 0.1) is 29.1 Å². The third-order valence-corrected chi connectivity index (χ3v) is 2.97. The molecule has 0 atom stereocenters. The Labute approximate surface area is 110 Å². The van der Waals surface area contributed by atoms with Crippen LogP contribution in [0.3, 0.4) is 0 Å². The number of ether oxygens (including phenoxy) is 1. The second-order valence-electron chi connectivity index (χ2n) is 4.31. The summed E-state index contributed by atoms with van der Waals surface area (Å²) in [6.45, 7) is 0.627. The summed E-state index contributed by atoms with van der Waals surface area (Å²) in [7, 11) is 0. The molecule has 0 aromatic heterocycles. The highest BCUT2D eigenvalue weighted by molar-refractivity contribution is 5.71. The number of hydrogen-bond donors (Lipinski definition) is 0. The number of piperidine rings is 1. The molecule has 3 nitrogen and oxygen atoms in total. The van der Waals surface area contributed by atoms with E-state index in [1.54, 1.807) is 0 Å². The number of likely N-dealkylation sites (tertiary alicyclic amines) is 1. The lowest BCUT2D eigenvalue weighted by Gasteiger charge is -2.25. The van der Waals surface area contributed by atoms with E-state index in [2.05, 4.69) is 4.74 Å². The highest BCUT2D eigenvalue weighted by Crippen LogP contribution is 2.29. The molecule has 0 aliphatic carbocycles. The van der Waals surface area contributed by atoms with Gasteiger partial charge in [-0.3, -0.25) is 0 Å². The molecule has 1 fully saturated rings. The van der Waals surface area contributed by atoms with Gasteiger partial charge in [0.25, 0.3) is 0 Å². The normalized spacial score (nSPS) is 15.3. The summed E-state index contributed by atoms with van der Waals surface area (Å²) in [6, 6.07) is 0. The van der Waals surface area contributed by atoms with Crippen LogP contribution in [0.25, 0.3) is 0 Å². The third-order valence-electron chi connectivity index (χ3n) is 2.97. The lowest BCUT2D eigenvalue weighted by molar-refractivity contribution is 0.137. The highest BCUT2D eigenvalue weighted by atomic mass is 19.2. The molecular weight excluding hydrogens is 285 g/mol. The summed E-state index contributed by atoms with van der Waals surface area (Å²) < 4.78 is 69.6. The van der Waals surface area contributed by atoms with Crippen LogP contribution in [0.4, 0.5) is 26.7 Å². The Kier molecular flexibility index (Phi) is 4.10. The summed E-state index contributed by atoms with van der Waals surface area (Å²) in [6.07, 6.45) is 1.14. The van der Waals surface area contributed by atoms with Crippen molar-refractivity contribution in [1.29, 1.82) is 0 Å². The maximum atomic E-state index is 13.3. The van der Waals surface area contributed by atoms with Gasteiger partial charge >= 0.3 is 6.09 Å². The molecule has 0 bridgehead atoms. The van der Waals surface area contributed by atoms with Crippen LogP contribution in [0.15, 0.2) is 0 Å². The van der Waals surface area contributed by atoms with Gasteiger partial charge in [0, 0.05) is 13.1 Å². The van der Waals surface area contributed by atoms with Crippen LogP contribution in [-0.4, -0.2) is 24.1 Å². The zero-order valence-corrected chi connectivity index (χ0v) is 10.2. The number of benzene rings is 1. The zero-order valence-electron chi connectivity index (χ0n) is 10.2. The first-order valence-electron chi connectivity index (χ1n) is 5.91. The third kappa shape index (κ3) is 2.54. The molecule has 0 saturated carbocycles. The van der Waals surface area contributed by atoms with E-state index in [0.29, 0.717) is 25.9 Å². The predicted octanol–water partition coefficient (Wildman–Crippen LogP) is 3.37. The summed E-state index contributed by atoms with van der Waals surface area (Å²) >= 11 is 0. The lowest BCUT2D eigenvalue weighted by Crippen LogP contribution is -2.38. The highest BCUT2D eigenvalue weighted by Gasteiger charge is 2.30. The second kappa shape index (κ2) is 5.64. The van der Waals surface area contributed by atoms with E-state index in [1.165, 1.54) is 0 Å². The lowest BCUT2D eigenvalue weighted by atomic mass is 10.1. The van der Waals surface area contributed by atoms with E-state index in [1.807, 2.05) is 0 Å². The van der Waals surface area contributed by atoms with Gasteiger partial charge in [-0.2, -0.15) is 8.78 Å². The van der Waals surface area contributed by atoms with Crippen molar-refractivity contribution in [3.8, 4) is 5.75 Å². The van der Waals surface area contributed by atoms with Crippen molar-refractivity contribution in [1.82, 2.24) is 4.90 Å². The van der Waals surface area contributed by atoms with E-state index in [4.69, 9.17) is 0 Å². The minimum Gasteiger partial charge on any atom is -0.404 e. The van der Waals surface area contributed by atoms with Gasteiger partial charge in [-0.05, 0) is 19.3 Å². The first-order chi connectivity index (χ1) is 9.43. The van der Waals surface area contributed by atoms with E-state index in [9.17, 15) is 26.7 Å². The summed E-state index contributed by atoms with van der Waals surface area (Å²) in [5, 5.41) is 0. The number of halogens is 5. The van der Waals surface area contributed by atoms with E-state index >= 15 is 0 Å². The first kappa shape index (κ1) is 14.5. The molecule has 110 valence electrons. The molecule has 1 aliphatic rings. The van der Waals surface area contributed by atoms with Crippen LogP contribution in [0.5, 0.6) is 5.75 Å². The molecule has 20 heavy (non-hydrogen) atoms. The average molecular weight is 295 g/mol. The minimum atomic E-state index is -2.29. The Bertz CT molecular complexity index is 514. The summed E-state index contributed by atoms with van der Waals surface area (Å²) in [4.78, 5) is 12.8. The molecule has 1 aromatic carbocycles. The van der Waals surface area contributed by atoms with Gasteiger partial charge in [-0.1, -0.05) is 0 Å². The maximum Gasteiger partial charge on any atom is 0.415 e. The van der Waals surface area contributed by atoms with Gasteiger partial charge in [-0.15, -0.1) is 0 Å². The van der Waals surface area contributed by atoms with E-state index in [0.717, 1.165) is 11.3 Å². The molecule has 1 amide bonds. The fourth-order valence-electron chi connectivity index (χ4n) is 1.90. The van der Waals surface area contributed by atoms with E-state index in [-0.39, 0.29) is 0 Å². The van der Waals surface area contributed by atoms with Gasteiger partial charge in [-0.25, -0.2) is 18.0 Å². The van der Waals surface area contributed by atoms with Gasteiger partial charge in [0.2, 0.25) is 34.8 Å². The van der Waals surface area contributed by atoms with Crippen LogP contribution in [-0.2, 0) is 0 Å². The van der Waals surface area contributed by atoms with Crippen LogP contribution >= 0.6 is 0 Å². The fourth-order valence-corrected chi connectivity index (χ4v) is 1.90. The number of hydrogen-bond acceptors (Lipinski definition) is 2. The molecule has 2 rings (SSSR count). The average Bonchev–Trinajstić information content (AvgIpc) is 2.48. The van der Waals surface area contributed by atoms with Crippen molar-refractivity contribution in [3.05, 3.63) is 29.1 Å². The molecule has 0 unspecified atom stereocenters. The van der Waals surface area contributed by atoms with Crippen molar-refractivity contribution in [3.63, 3.8) is 0 Å². The Morgan fingerprint density at radius 1 is 0.800 bits per heavy atom. The molecule has 1 aromatic rings. The second-order valence-corrected chi connectivity index (χ2v) is 4.31. The Morgan fingerprint density at radius 3 is 1.75 bits per heavy atom. The topological polar surface area (TPSA) is 29.5 Å². The van der Waals surface area contributed by atoms with Crippen molar-refractivity contribution >= 4 is 6.09 Å². The van der Waals surface area contributed by atoms with Gasteiger partial charge in [0.15, 0.2) is 0 Å².